The van der Waals surface area contributed by atoms with Gasteiger partial charge in [0.25, 0.3) is 0 Å². The Balaban J connectivity index is 2.70. The fourth-order valence-corrected chi connectivity index (χ4v) is 0.692. The number of hydrogen-bond acceptors (Lipinski definition) is 2. The molecule has 0 aromatic rings. The summed E-state index contributed by atoms with van der Waals surface area (Å²) in [4.78, 5) is 0. The van der Waals surface area contributed by atoms with Gasteiger partial charge in [-0.15, -0.1) is 0 Å². The van der Waals surface area contributed by atoms with Gasteiger partial charge in [-0.05, 0) is 19.9 Å². The minimum Gasteiger partial charge on any atom is -0.463 e. The molecule has 1 N–H and O–H groups in total. The van der Waals surface area contributed by atoms with Crippen LogP contribution in [0.2, 0.25) is 0 Å². The molecule has 0 saturated carbocycles. The smallest absolute Gasteiger partial charge is 0.151 e. The Bertz CT molecular complexity index is 255. The van der Waals surface area contributed by atoms with Crippen molar-refractivity contribution in [2.75, 3.05) is 0 Å². The molecule has 0 atom stereocenters. The molecular weight excluding hydrogens is 138 g/mol. The van der Waals surface area contributed by atoms with Gasteiger partial charge in [-0.2, -0.15) is 0 Å². The predicted molar refractivity (Wildman–Crippen MR) is 45.5 cm³/mol. The van der Waals surface area contributed by atoms with Crippen LogP contribution < -0.4 is 0 Å². The molecule has 0 amide bonds. The van der Waals surface area contributed by atoms with E-state index in [1.807, 2.05) is 19.9 Å². The van der Waals surface area contributed by atoms with Gasteiger partial charge in [0.1, 0.15) is 0 Å². The van der Waals surface area contributed by atoms with Crippen LogP contribution in [0.5, 0.6) is 0 Å². The average molecular weight is 149 g/mol. The summed E-state index contributed by atoms with van der Waals surface area (Å²) in [6, 6.07) is 0. The molecule has 0 spiro atoms. The predicted octanol–water partition coefficient (Wildman–Crippen LogP) is 2.40. The first-order valence-corrected chi connectivity index (χ1v) is 3.47. The van der Waals surface area contributed by atoms with E-state index in [9.17, 15) is 0 Å². The maximum Gasteiger partial charge on any atom is 0.151 e. The summed E-state index contributed by atoms with van der Waals surface area (Å²) in [6.07, 6.45) is 6.88. The van der Waals surface area contributed by atoms with Gasteiger partial charge >= 0.3 is 0 Å². The van der Waals surface area contributed by atoms with E-state index in [-0.39, 0.29) is 0 Å². The molecule has 58 valence electrons. The van der Waals surface area contributed by atoms with Gasteiger partial charge in [-0.1, -0.05) is 11.6 Å². The van der Waals surface area contributed by atoms with Gasteiger partial charge in [0.05, 0.1) is 12.0 Å². The van der Waals surface area contributed by atoms with Gasteiger partial charge in [0.2, 0.25) is 0 Å². The second kappa shape index (κ2) is 3.19. The zero-order valence-corrected chi connectivity index (χ0v) is 6.72. The molecular formula is C9H11NO. The third-order valence-corrected chi connectivity index (χ3v) is 1.26. The second-order valence-corrected chi connectivity index (χ2v) is 2.61. The van der Waals surface area contributed by atoms with E-state index in [4.69, 9.17) is 10.1 Å². The lowest BCUT2D eigenvalue weighted by Crippen LogP contribution is -1.90. The monoisotopic (exact) mass is 149 g/mol. The van der Waals surface area contributed by atoms with Crippen molar-refractivity contribution in [3.63, 3.8) is 0 Å². The Hall–Kier alpha value is -1.31. The lowest BCUT2D eigenvalue weighted by molar-refractivity contribution is 0.389. The van der Waals surface area contributed by atoms with E-state index in [1.54, 1.807) is 12.2 Å². The lowest BCUT2D eigenvalue weighted by atomic mass is 10.2. The molecule has 2 nitrogen and oxygen atoms in total. The Morgan fingerprint density at radius 3 is 2.73 bits per heavy atom. The van der Waals surface area contributed by atoms with Crippen LogP contribution in [0.25, 0.3) is 0 Å². The molecule has 0 saturated heterocycles. The van der Waals surface area contributed by atoms with Gasteiger partial charge in [-0.3, -0.25) is 5.41 Å². The topological polar surface area (TPSA) is 33.1 Å². The SMILES string of the molecule is CC(C)=C/C=C1/OC=CC1=N. The number of nitrogens with one attached hydrogen (secondary N) is 1. The van der Waals surface area contributed by atoms with Crippen LogP contribution in [-0.2, 0) is 4.74 Å². The van der Waals surface area contributed by atoms with Crippen molar-refractivity contribution >= 4 is 5.71 Å². The van der Waals surface area contributed by atoms with Crippen LogP contribution in [0, 0.1) is 5.41 Å². The van der Waals surface area contributed by atoms with Crippen molar-refractivity contribution in [2.45, 2.75) is 13.8 Å². The Morgan fingerprint density at radius 1 is 1.55 bits per heavy atom. The molecule has 11 heavy (non-hydrogen) atoms. The first-order valence-electron chi connectivity index (χ1n) is 3.47. The Kier molecular flexibility index (Phi) is 2.26. The third-order valence-electron chi connectivity index (χ3n) is 1.26. The maximum atomic E-state index is 7.34. The minimum atomic E-state index is 0.433. The normalized spacial score (nSPS) is 18.7. The molecule has 0 unspecified atom stereocenters. The van der Waals surface area contributed by atoms with Crippen LogP contribution in [0.1, 0.15) is 13.8 Å². The fourth-order valence-electron chi connectivity index (χ4n) is 0.692. The third kappa shape index (κ3) is 2.08. The van der Waals surface area contributed by atoms with E-state index in [0.717, 1.165) is 0 Å². The Labute approximate surface area is 66.4 Å². The zero-order valence-electron chi connectivity index (χ0n) is 6.72. The summed E-state index contributed by atoms with van der Waals surface area (Å²) in [6.45, 7) is 4.01. The molecule has 0 aliphatic carbocycles. The van der Waals surface area contributed by atoms with E-state index in [0.29, 0.717) is 11.5 Å². The van der Waals surface area contributed by atoms with Gasteiger partial charge in [0.15, 0.2) is 5.76 Å². The highest BCUT2D eigenvalue weighted by molar-refractivity contribution is 6.06. The first kappa shape index (κ1) is 7.79. The molecule has 2 heteroatoms. The first-order chi connectivity index (χ1) is 5.20. The van der Waals surface area contributed by atoms with Crippen LogP contribution in [0.15, 0.2) is 35.8 Å². The van der Waals surface area contributed by atoms with E-state index in [1.165, 1.54) is 11.8 Å². The van der Waals surface area contributed by atoms with Crippen molar-refractivity contribution in [3.05, 3.63) is 35.8 Å². The number of ether oxygens (including phenoxy) is 1. The van der Waals surface area contributed by atoms with Crippen molar-refractivity contribution in [1.82, 2.24) is 0 Å². The molecule has 1 aliphatic rings. The molecule has 0 bridgehead atoms. The highest BCUT2D eigenvalue weighted by Gasteiger charge is 2.06. The summed E-state index contributed by atoms with van der Waals surface area (Å²) < 4.78 is 5.03. The summed E-state index contributed by atoms with van der Waals surface area (Å²) in [5, 5.41) is 7.34. The maximum absolute atomic E-state index is 7.34. The number of hydrogen-bond donors (Lipinski definition) is 1. The molecule has 0 aromatic carbocycles. The highest BCUT2D eigenvalue weighted by Crippen LogP contribution is 2.09. The van der Waals surface area contributed by atoms with Crippen molar-refractivity contribution in [3.8, 4) is 0 Å². The molecule has 1 heterocycles. The van der Waals surface area contributed by atoms with Crippen molar-refractivity contribution in [2.24, 2.45) is 0 Å². The quantitative estimate of drug-likeness (QED) is 0.610. The molecule has 0 fully saturated rings. The van der Waals surface area contributed by atoms with Gasteiger partial charge in [-0.25, -0.2) is 0 Å². The summed E-state index contributed by atoms with van der Waals surface area (Å²) in [5.41, 5.74) is 1.63. The summed E-state index contributed by atoms with van der Waals surface area (Å²) in [5.74, 6) is 0.617. The summed E-state index contributed by atoms with van der Waals surface area (Å²) >= 11 is 0. The second-order valence-electron chi connectivity index (χ2n) is 2.61. The molecule has 0 aromatic heterocycles. The largest absolute Gasteiger partial charge is 0.463 e. The molecule has 1 rings (SSSR count). The van der Waals surface area contributed by atoms with Crippen molar-refractivity contribution in [1.29, 1.82) is 5.41 Å². The number of rotatable bonds is 1. The fraction of sp³-hybridized carbons (Fsp3) is 0.222. The van der Waals surface area contributed by atoms with Crippen LogP contribution >= 0.6 is 0 Å². The number of allylic oxidation sites excluding steroid dienone is 4. The van der Waals surface area contributed by atoms with Crippen LogP contribution in [-0.4, -0.2) is 5.71 Å². The average Bonchev–Trinajstić information content (AvgIpc) is 2.31. The van der Waals surface area contributed by atoms with Gasteiger partial charge < -0.3 is 4.74 Å². The van der Waals surface area contributed by atoms with E-state index < -0.39 is 0 Å². The van der Waals surface area contributed by atoms with Crippen molar-refractivity contribution < 1.29 is 4.74 Å². The zero-order chi connectivity index (χ0) is 8.27. The Morgan fingerprint density at radius 2 is 2.27 bits per heavy atom. The molecule has 0 radical (unpaired) electrons. The summed E-state index contributed by atoms with van der Waals surface area (Å²) in [7, 11) is 0. The molecule has 1 aliphatic heterocycles. The lowest BCUT2D eigenvalue weighted by Gasteiger charge is -1.94. The standard InChI is InChI=1S/C9H11NO/c1-7(2)3-4-9-8(10)5-6-11-9/h3-6,10H,1-2H3/b9-4+,10-8?. The van der Waals surface area contributed by atoms with E-state index >= 15 is 0 Å². The highest BCUT2D eigenvalue weighted by atomic mass is 16.5. The van der Waals surface area contributed by atoms with E-state index in [2.05, 4.69) is 0 Å². The minimum absolute atomic E-state index is 0.433. The van der Waals surface area contributed by atoms with Crippen LogP contribution in [0.3, 0.4) is 0 Å². The van der Waals surface area contributed by atoms with Crippen LogP contribution in [0.4, 0.5) is 0 Å². The van der Waals surface area contributed by atoms with Gasteiger partial charge in [0, 0.05) is 6.08 Å².